The molecule has 4 heavy (non-hydrogen) atoms. The summed E-state index contributed by atoms with van der Waals surface area (Å²) < 4.78 is 0. The molecule has 0 bridgehead atoms. The third-order valence-electron chi connectivity index (χ3n) is 0. The zero-order valence-corrected chi connectivity index (χ0v) is 16.4. The predicted molar refractivity (Wildman–Crippen MR) is 25.8 cm³/mol. The molecule has 0 aromatic rings. The molecule has 0 saturated carbocycles. The van der Waals surface area contributed by atoms with Gasteiger partial charge in [0, 0.05) is 77.5 Å². The van der Waals surface area contributed by atoms with Crippen molar-refractivity contribution in [3.05, 3.63) is 0 Å². The summed E-state index contributed by atoms with van der Waals surface area (Å²) in [5.41, 5.74) is 0. The third-order valence-corrected chi connectivity index (χ3v) is 0. The van der Waals surface area contributed by atoms with Crippen molar-refractivity contribution in [1.82, 2.24) is 0 Å². The fourth-order valence-electron chi connectivity index (χ4n) is 0. The second-order valence-corrected chi connectivity index (χ2v) is 0. The number of rotatable bonds is 0. The monoisotopic (exact) mass is 467 g/mol. The first-order chi connectivity index (χ1) is 0. The molecule has 4 heteroatoms. The van der Waals surface area contributed by atoms with Gasteiger partial charge in [0.05, 0.1) is 0 Å². The van der Waals surface area contributed by atoms with Gasteiger partial charge in [0.25, 0.3) is 0 Å². The van der Waals surface area contributed by atoms with Gasteiger partial charge in [-0.1, -0.05) is 0 Å². The minimum absolute atomic E-state index is 0. The van der Waals surface area contributed by atoms with Crippen LogP contribution in [0.1, 0.15) is 0 Å². The van der Waals surface area contributed by atoms with Gasteiger partial charge in [-0.05, 0) is 0 Å². The van der Waals surface area contributed by atoms with Gasteiger partial charge in [-0.2, -0.15) is 0 Å². The van der Waals surface area contributed by atoms with Gasteiger partial charge < -0.3 is 0 Å². The van der Waals surface area contributed by atoms with E-state index in [1.54, 1.807) is 0 Å². The van der Waals surface area contributed by atoms with E-state index < -0.39 is 0 Å². The zero-order valence-electron chi connectivity index (χ0n) is 2.44. The van der Waals surface area contributed by atoms with Gasteiger partial charge in [0.15, 0.2) is 0 Å². The molecule has 0 rings (SSSR count). The van der Waals surface area contributed by atoms with Crippen LogP contribution in [-0.4, -0.2) is 101 Å². The van der Waals surface area contributed by atoms with E-state index in [0.717, 1.165) is 0 Å². The van der Waals surface area contributed by atoms with Crippen molar-refractivity contribution < 1.29 is 0 Å². The molecule has 0 heterocycles. The fraction of sp³-hybridized carbons (Fsp3) is 0. The molecule has 0 unspecified atom stereocenters. The summed E-state index contributed by atoms with van der Waals surface area (Å²) in [6, 6.07) is 0. The van der Waals surface area contributed by atoms with Crippen LogP contribution in [0.5, 0.6) is 0 Å². The predicted octanol–water partition coefficient (Wildman–Crippen LogP) is -2.06. The Kier molecular flexibility index (Phi) is 106. The molecular weight excluding hydrogens is 463 g/mol. The van der Waals surface area contributed by atoms with Crippen LogP contribution in [0.4, 0.5) is 0 Å². The topological polar surface area (TPSA) is 0 Å². The number of hydrogen-bond acceptors (Lipinski definition) is 0. The van der Waals surface area contributed by atoms with E-state index in [-0.39, 0.29) is 101 Å². The normalized spacial score (nSPS) is 0. The summed E-state index contributed by atoms with van der Waals surface area (Å²) in [6.45, 7) is 0. The first kappa shape index (κ1) is 26.2. The Morgan fingerprint density at radius 3 is 0.500 bits per heavy atom. The molecule has 15 valence electrons. The Morgan fingerprint density at radius 1 is 0.500 bits per heavy atom. The van der Waals surface area contributed by atoms with Crippen molar-refractivity contribution in [2.24, 2.45) is 0 Å². The second kappa shape index (κ2) is 16.1. The summed E-state index contributed by atoms with van der Waals surface area (Å²) in [7, 11) is 0. The Labute approximate surface area is 99.2 Å². The molecule has 0 aromatic heterocycles. The summed E-state index contributed by atoms with van der Waals surface area (Å²) in [5.74, 6) is 0. The molecule has 0 aliphatic heterocycles. The van der Waals surface area contributed by atoms with Crippen molar-refractivity contribution in [3.8, 4) is 0 Å². The molecule has 0 aliphatic carbocycles. The molecule has 0 amide bonds. The fourth-order valence-corrected chi connectivity index (χ4v) is 0. The summed E-state index contributed by atoms with van der Waals surface area (Å²) in [5, 5.41) is 0. The molecule has 0 fully saturated rings. The van der Waals surface area contributed by atoms with Gasteiger partial charge >= 0.3 is 23.9 Å². The molecule has 11 radical (unpaired) electrons. The van der Waals surface area contributed by atoms with E-state index in [1.165, 1.54) is 0 Å². The molecule has 0 saturated heterocycles. The quantitative estimate of drug-likeness (QED) is 0.362. The van der Waals surface area contributed by atoms with Crippen LogP contribution in [0.15, 0.2) is 0 Å². The SMILES string of the molecule is [In].[In].[In].[SnH2]. The maximum atomic E-state index is 0. The van der Waals surface area contributed by atoms with Crippen molar-refractivity contribution >= 4 is 101 Å². The van der Waals surface area contributed by atoms with E-state index in [0.29, 0.717) is 0 Å². The molecule has 0 aromatic carbocycles. The van der Waals surface area contributed by atoms with Crippen LogP contribution in [0.25, 0.3) is 0 Å². The van der Waals surface area contributed by atoms with Crippen molar-refractivity contribution in [1.29, 1.82) is 0 Å². The molecule has 0 atom stereocenters. The van der Waals surface area contributed by atoms with E-state index in [9.17, 15) is 0 Å². The molecule has 0 spiro atoms. The average molecular weight is 465 g/mol. The van der Waals surface area contributed by atoms with Crippen LogP contribution >= 0.6 is 0 Å². The molecular formula is H2In3Sn. The molecule has 0 N–H and O–H groups in total. The van der Waals surface area contributed by atoms with Crippen LogP contribution in [-0.2, 0) is 0 Å². The van der Waals surface area contributed by atoms with Crippen LogP contribution in [0.2, 0.25) is 0 Å². The minimum atomic E-state index is 0. The van der Waals surface area contributed by atoms with Crippen molar-refractivity contribution in [2.75, 3.05) is 0 Å². The first-order valence-electron chi connectivity index (χ1n) is 0. The van der Waals surface area contributed by atoms with Gasteiger partial charge in [-0.3, -0.25) is 0 Å². The van der Waals surface area contributed by atoms with Crippen LogP contribution in [0, 0.1) is 0 Å². The van der Waals surface area contributed by atoms with Gasteiger partial charge in [0.2, 0.25) is 0 Å². The van der Waals surface area contributed by atoms with E-state index >= 15 is 0 Å². The van der Waals surface area contributed by atoms with Gasteiger partial charge in [-0.15, -0.1) is 0 Å². The molecule has 0 nitrogen and oxygen atoms in total. The first-order valence-corrected chi connectivity index (χ1v) is 0. The van der Waals surface area contributed by atoms with E-state index in [1.807, 2.05) is 0 Å². The maximum absolute atomic E-state index is 0. The Morgan fingerprint density at radius 2 is 0.500 bits per heavy atom. The standard InChI is InChI=1S/3In.Sn.2H. The van der Waals surface area contributed by atoms with Crippen LogP contribution in [0.3, 0.4) is 0 Å². The van der Waals surface area contributed by atoms with E-state index in [2.05, 4.69) is 0 Å². The third kappa shape index (κ3) is 9.05. The summed E-state index contributed by atoms with van der Waals surface area (Å²) in [4.78, 5) is 0. The summed E-state index contributed by atoms with van der Waals surface area (Å²) >= 11 is 0. The Bertz CT molecular complexity index is 3.25. The van der Waals surface area contributed by atoms with Crippen molar-refractivity contribution in [2.45, 2.75) is 0 Å². The Balaban J connectivity index is 0. The molecule has 0 aliphatic rings. The number of hydrogen-bond donors (Lipinski definition) is 0. The van der Waals surface area contributed by atoms with E-state index in [4.69, 9.17) is 0 Å². The Hall–Kier alpha value is 3.41. The second-order valence-electron chi connectivity index (χ2n) is 0. The zero-order chi connectivity index (χ0) is 0. The van der Waals surface area contributed by atoms with Gasteiger partial charge in [-0.25, -0.2) is 0 Å². The summed E-state index contributed by atoms with van der Waals surface area (Å²) in [6.07, 6.45) is 0. The average Bonchev–Trinajstić information content (AvgIpc) is 0. The van der Waals surface area contributed by atoms with Crippen LogP contribution < -0.4 is 0 Å². The van der Waals surface area contributed by atoms with Gasteiger partial charge in [0.1, 0.15) is 0 Å². The van der Waals surface area contributed by atoms with Crippen molar-refractivity contribution in [3.63, 3.8) is 0 Å².